The maximum Gasteiger partial charge on any atom is 0.228 e. The van der Waals surface area contributed by atoms with Crippen LogP contribution in [0.15, 0.2) is 28.8 Å². The molecule has 1 saturated carbocycles. The second kappa shape index (κ2) is 7.53. The van der Waals surface area contributed by atoms with Crippen molar-refractivity contribution in [1.82, 2.24) is 15.4 Å². The van der Waals surface area contributed by atoms with E-state index in [1.807, 2.05) is 29.2 Å². The number of benzene rings is 1. The van der Waals surface area contributed by atoms with Crippen molar-refractivity contribution in [1.29, 1.82) is 0 Å². The maximum absolute atomic E-state index is 12.5. The molecule has 1 aliphatic heterocycles. The van der Waals surface area contributed by atoms with Gasteiger partial charge in [-0.05, 0) is 50.3 Å². The third-order valence-electron chi connectivity index (χ3n) is 5.01. The van der Waals surface area contributed by atoms with E-state index in [2.05, 4.69) is 10.5 Å². The van der Waals surface area contributed by atoms with Crippen molar-refractivity contribution in [2.45, 2.75) is 38.1 Å². The van der Waals surface area contributed by atoms with Gasteiger partial charge in [0.1, 0.15) is 5.69 Å². The lowest BCUT2D eigenvalue weighted by molar-refractivity contribution is -0.131. The fourth-order valence-corrected chi connectivity index (χ4v) is 3.31. The third-order valence-corrected chi connectivity index (χ3v) is 5.01. The second-order valence-corrected chi connectivity index (χ2v) is 6.81. The number of hydrogen-bond donors (Lipinski definition) is 1. The smallest absolute Gasteiger partial charge is 0.228 e. The van der Waals surface area contributed by atoms with Gasteiger partial charge in [-0.2, -0.15) is 0 Å². The normalized spacial score (nSPS) is 18.6. The number of para-hydroxylation sites is 1. The molecule has 5 nitrogen and oxygen atoms in total. The molecule has 0 radical (unpaired) electrons. The van der Waals surface area contributed by atoms with Crippen LogP contribution in [0.5, 0.6) is 0 Å². The fraction of sp³-hybridized carbons (Fsp3) is 0.556. The topological polar surface area (TPSA) is 58.4 Å². The summed E-state index contributed by atoms with van der Waals surface area (Å²) in [4.78, 5) is 14.5. The SMILES string of the molecule is Cl.O=C(Cc1noc2ccccc12)N1CCC(NCC2CC2)CC1. The second-order valence-electron chi connectivity index (χ2n) is 6.81. The molecule has 24 heavy (non-hydrogen) atoms. The molecule has 1 amide bonds. The van der Waals surface area contributed by atoms with Gasteiger partial charge in [0.25, 0.3) is 0 Å². The first-order valence-electron chi connectivity index (χ1n) is 8.64. The number of rotatable bonds is 5. The number of carbonyl (C=O) groups excluding carboxylic acids is 1. The molecule has 0 atom stereocenters. The van der Waals surface area contributed by atoms with Crippen LogP contribution in [0.3, 0.4) is 0 Å². The molecule has 1 N–H and O–H groups in total. The molecule has 1 saturated heterocycles. The van der Waals surface area contributed by atoms with Gasteiger partial charge in [0.2, 0.25) is 5.91 Å². The zero-order chi connectivity index (χ0) is 15.6. The molecule has 1 aliphatic carbocycles. The number of amides is 1. The molecule has 2 aromatic rings. The van der Waals surface area contributed by atoms with Crippen LogP contribution in [0.1, 0.15) is 31.4 Å². The highest BCUT2D eigenvalue weighted by atomic mass is 35.5. The lowest BCUT2D eigenvalue weighted by atomic mass is 10.0. The van der Waals surface area contributed by atoms with Crippen molar-refractivity contribution in [3.05, 3.63) is 30.0 Å². The first kappa shape index (κ1) is 17.2. The monoisotopic (exact) mass is 349 g/mol. The Hall–Kier alpha value is -1.59. The van der Waals surface area contributed by atoms with Crippen molar-refractivity contribution in [3.63, 3.8) is 0 Å². The van der Waals surface area contributed by atoms with Crippen LogP contribution in [0.4, 0.5) is 0 Å². The summed E-state index contributed by atoms with van der Waals surface area (Å²) in [5.74, 6) is 1.07. The fourth-order valence-electron chi connectivity index (χ4n) is 3.31. The van der Waals surface area contributed by atoms with Crippen molar-refractivity contribution in [3.8, 4) is 0 Å². The molecule has 6 heteroatoms. The first-order valence-corrected chi connectivity index (χ1v) is 8.64. The average Bonchev–Trinajstić information content (AvgIpc) is 3.34. The van der Waals surface area contributed by atoms with Crippen LogP contribution >= 0.6 is 12.4 Å². The molecule has 2 heterocycles. The number of fused-ring (bicyclic) bond motifs is 1. The van der Waals surface area contributed by atoms with Crippen LogP contribution < -0.4 is 5.32 Å². The van der Waals surface area contributed by atoms with Gasteiger partial charge in [-0.25, -0.2) is 0 Å². The molecular formula is C18H24ClN3O2. The molecule has 4 rings (SSSR count). The molecule has 0 bridgehead atoms. The number of hydrogen-bond acceptors (Lipinski definition) is 4. The van der Waals surface area contributed by atoms with Crippen LogP contribution in [0, 0.1) is 5.92 Å². The van der Waals surface area contributed by atoms with E-state index < -0.39 is 0 Å². The minimum absolute atomic E-state index is 0. The summed E-state index contributed by atoms with van der Waals surface area (Å²) in [5.41, 5.74) is 1.50. The van der Waals surface area contributed by atoms with E-state index in [1.165, 1.54) is 12.8 Å². The van der Waals surface area contributed by atoms with Crippen LogP contribution in [-0.2, 0) is 11.2 Å². The molecule has 0 spiro atoms. The Balaban J connectivity index is 0.00000169. The van der Waals surface area contributed by atoms with E-state index in [1.54, 1.807) is 0 Å². The van der Waals surface area contributed by atoms with Crippen LogP contribution in [-0.4, -0.2) is 41.6 Å². The maximum atomic E-state index is 12.5. The van der Waals surface area contributed by atoms with Gasteiger partial charge in [0, 0.05) is 24.5 Å². The van der Waals surface area contributed by atoms with Crippen LogP contribution in [0.2, 0.25) is 0 Å². The molecule has 2 fully saturated rings. The number of nitrogens with one attached hydrogen (secondary N) is 1. The summed E-state index contributed by atoms with van der Waals surface area (Å²) in [7, 11) is 0. The minimum Gasteiger partial charge on any atom is -0.356 e. The van der Waals surface area contributed by atoms with E-state index in [4.69, 9.17) is 4.52 Å². The molecular weight excluding hydrogens is 326 g/mol. The van der Waals surface area contributed by atoms with E-state index in [0.29, 0.717) is 12.5 Å². The predicted octanol–water partition coefficient (Wildman–Crippen LogP) is 2.78. The van der Waals surface area contributed by atoms with Gasteiger partial charge in [-0.1, -0.05) is 17.3 Å². The molecule has 0 unspecified atom stereocenters. The van der Waals surface area contributed by atoms with Gasteiger partial charge in [0.05, 0.1) is 6.42 Å². The average molecular weight is 350 g/mol. The summed E-state index contributed by atoms with van der Waals surface area (Å²) in [6, 6.07) is 8.28. The van der Waals surface area contributed by atoms with Gasteiger partial charge in [-0.3, -0.25) is 4.79 Å². The number of aromatic nitrogens is 1. The largest absolute Gasteiger partial charge is 0.356 e. The Morgan fingerprint density at radius 2 is 1.96 bits per heavy atom. The number of carbonyl (C=O) groups is 1. The number of likely N-dealkylation sites (tertiary alicyclic amines) is 1. The molecule has 1 aromatic heterocycles. The molecule has 1 aromatic carbocycles. The third kappa shape index (κ3) is 3.90. The Labute approximate surface area is 148 Å². The van der Waals surface area contributed by atoms with Crippen molar-refractivity contribution in [2.24, 2.45) is 5.92 Å². The van der Waals surface area contributed by atoms with E-state index in [9.17, 15) is 4.79 Å². The van der Waals surface area contributed by atoms with Gasteiger partial charge >= 0.3 is 0 Å². The van der Waals surface area contributed by atoms with Crippen molar-refractivity contribution in [2.75, 3.05) is 19.6 Å². The summed E-state index contributed by atoms with van der Waals surface area (Å²) in [6.07, 6.45) is 5.21. The summed E-state index contributed by atoms with van der Waals surface area (Å²) in [6.45, 7) is 2.84. The zero-order valence-corrected chi connectivity index (χ0v) is 14.6. The summed E-state index contributed by atoms with van der Waals surface area (Å²) >= 11 is 0. The standard InChI is InChI=1S/C18H23N3O2.ClH/c22-18(11-16-15-3-1-2-4-17(15)23-20-16)21-9-7-14(8-10-21)19-12-13-5-6-13;/h1-4,13-14,19H,5-12H2;1H. The van der Waals surface area contributed by atoms with Crippen molar-refractivity contribution >= 4 is 29.3 Å². The molecule has 2 aliphatic rings. The highest BCUT2D eigenvalue weighted by Gasteiger charge is 2.26. The Morgan fingerprint density at radius 3 is 2.71 bits per heavy atom. The number of nitrogens with zero attached hydrogens (tertiary/aromatic N) is 2. The zero-order valence-electron chi connectivity index (χ0n) is 13.7. The highest BCUT2D eigenvalue weighted by molar-refractivity contribution is 5.86. The lowest BCUT2D eigenvalue weighted by Crippen LogP contribution is -2.45. The quantitative estimate of drug-likeness (QED) is 0.901. The first-order chi connectivity index (χ1) is 11.3. The Morgan fingerprint density at radius 1 is 1.21 bits per heavy atom. The lowest BCUT2D eigenvalue weighted by Gasteiger charge is -2.32. The Kier molecular flexibility index (Phi) is 5.41. The van der Waals surface area contributed by atoms with E-state index >= 15 is 0 Å². The van der Waals surface area contributed by atoms with Gasteiger partial charge < -0.3 is 14.7 Å². The highest BCUT2D eigenvalue weighted by Crippen LogP contribution is 2.28. The van der Waals surface area contributed by atoms with Crippen LogP contribution in [0.25, 0.3) is 11.0 Å². The Bertz CT molecular complexity index is 690. The molecule has 130 valence electrons. The van der Waals surface area contributed by atoms with Crippen molar-refractivity contribution < 1.29 is 9.32 Å². The van der Waals surface area contributed by atoms with Gasteiger partial charge in [-0.15, -0.1) is 12.4 Å². The summed E-state index contributed by atoms with van der Waals surface area (Å²) < 4.78 is 5.28. The summed E-state index contributed by atoms with van der Waals surface area (Å²) in [5, 5.41) is 8.66. The minimum atomic E-state index is 0. The predicted molar refractivity (Wildman–Crippen MR) is 95.3 cm³/mol. The number of piperidine rings is 1. The van der Waals surface area contributed by atoms with E-state index in [0.717, 1.165) is 55.1 Å². The van der Waals surface area contributed by atoms with E-state index in [-0.39, 0.29) is 18.3 Å². The van der Waals surface area contributed by atoms with Gasteiger partial charge in [0.15, 0.2) is 5.58 Å². The number of halogens is 1.